The molecule has 2 aromatic carbocycles. The molecule has 3 rings (SSSR count). The number of aryl methyl sites for hydroxylation is 1. The van der Waals surface area contributed by atoms with Gasteiger partial charge in [-0.1, -0.05) is 35.9 Å². The Kier molecular flexibility index (Phi) is 5.93. The minimum Gasteiger partial charge on any atom is -0.484 e. The number of ether oxygens (including phenoxy) is 1. The number of hydrogen-bond donors (Lipinski definition) is 1. The van der Waals surface area contributed by atoms with E-state index in [9.17, 15) is 4.79 Å². The van der Waals surface area contributed by atoms with Gasteiger partial charge in [0.05, 0.1) is 0 Å². The highest BCUT2D eigenvalue weighted by molar-refractivity contribution is 7.71. The summed E-state index contributed by atoms with van der Waals surface area (Å²) in [5, 5.41) is 7.59. The minimum atomic E-state index is -0.281. The summed E-state index contributed by atoms with van der Waals surface area (Å²) in [6.07, 6.45) is 0. The summed E-state index contributed by atoms with van der Waals surface area (Å²) < 4.78 is 12.4. The average molecular weight is 404 g/mol. The van der Waals surface area contributed by atoms with Gasteiger partial charge in [-0.3, -0.25) is 4.79 Å². The van der Waals surface area contributed by atoms with Crippen molar-refractivity contribution < 1.29 is 13.9 Å². The molecule has 0 saturated carbocycles. The molecular weight excluding hydrogens is 386 g/mol. The van der Waals surface area contributed by atoms with E-state index in [4.69, 9.17) is 33.0 Å². The predicted octanol–water partition coefficient (Wildman–Crippen LogP) is 4.69. The van der Waals surface area contributed by atoms with Crippen LogP contribution in [0.3, 0.4) is 0 Å². The minimum absolute atomic E-state index is 0.0708. The highest BCUT2D eigenvalue weighted by Crippen LogP contribution is 2.23. The number of carbonyl (C=O) groups excluding carboxylic acids is 1. The van der Waals surface area contributed by atoms with Crippen molar-refractivity contribution in [3.8, 4) is 5.75 Å². The maximum Gasteiger partial charge on any atom is 0.287 e. The second-order valence-electron chi connectivity index (χ2n) is 5.93. The smallest absolute Gasteiger partial charge is 0.287 e. The second kappa shape index (κ2) is 8.37. The Hall–Kier alpha value is -2.64. The Bertz CT molecular complexity index is 1030. The number of amides is 1. The van der Waals surface area contributed by atoms with Crippen LogP contribution in [0.15, 0.2) is 46.9 Å². The molecule has 0 aliphatic heterocycles. The second-order valence-corrected chi connectivity index (χ2v) is 6.69. The van der Waals surface area contributed by atoms with E-state index in [0.29, 0.717) is 16.6 Å². The lowest BCUT2D eigenvalue weighted by Gasteiger charge is -2.09. The van der Waals surface area contributed by atoms with Crippen LogP contribution < -0.4 is 10.1 Å². The normalized spacial score (nSPS) is 10.6. The van der Waals surface area contributed by atoms with Crippen LogP contribution in [0.5, 0.6) is 5.75 Å². The molecule has 0 aliphatic rings. The highest BCUT2D eigenvalue weighted by atomic mass is 35.5. The Balaban J connectivity index is 1.64. The Morgan fingerprint density at radius 1 is 1.26 bits per heavy atom. The first kappa shape index (κ1) is 19.1. The van der Waals surface area contributed by atoms with Gasteiger partial charge >= 0.3 is 0 Å². The maximum absolute atomic E-state index is 12.3. The van der Waals surface area contributed by atoms with Gasteiger partial charge in [-0.15, -0.1) is 5.10 Å². The van der Waals surface area contributed by atoms with E-state index in [-0.39, 0.29) is 23.9 Å². The number of carbonyl (C=O) groups is 1. The zero-order chi connectivity index (χ0) is 19.4. The highest BCUT2D eigenvalue weighted by Gasteiger charge is 2.12. The van der Waals surface area contributed by atoms with E-state index < -0.39 is 0 Å². The third-order valence-corrected chi connectivity index (χ3v) is 4.63. The van der Waals surface area contributed by atoms with Gasteiger partial charge in [0.2, 0.25) is 5.91 Å². The number of rotatable bonds is 6. The molecule has 1 amide bonds. The fourth-order valence-electron chi connectivity index (χ4n) is 2.43. The first-order valence-electron chi connectivity index (χ1n) is 8.24. The van der Waals surface area contributed by atoms with Gasteiger partial charge in [0.15, 0.2) is 6.61 Å². The summed E-state index contributed by atoms with van der Waals surface area (Å²) in [6, 6.07) is 13.0. The van der Waals surface area contributed by atoms with Crippen LogP contribution in [-0.4, -0.2) is 15.7 Å². The molecule has 0 aliphatic carbocycles. The predicted molar refractivity (Wildman–Crippen MR) is 106 cm³/mol. The van der Waals surface area contributed by atoms with Crippen LogP contribution in [0.25, 0.3) is 0 Å². The summed E-state index contributed by atoms with van der Waals surface area (Å²) in [6.45, 7) is 3.83. The SMILES string of the molecule is Cc1ccccc1OCc1nn(CC(=O)Nc2cccc(Cl)c2C)c(=S)o1. The number of anilines is 1. The average Bonchev–Trinajstić information content (AvgIpc) is 2.98. The van der Waals surface area contributed by atoms with Crippen LogP contribution >= 0.6 is 23.8 Å². The van der Waals surface area contributed by atoms with Crippen molar-refractivity contribution in [2.24, 2.45) is 0 Å². The van der Waals surface area contributed by atoms with E-state index >= 15 is 0 Å². The molecule has 1 N–H and O–H groups in total. The molecule has 1 aromatic heterocycles. The Labute approximate surface area is 166 Å². The van der Waals surface area contributed by atoms with Crippen LogP contribution in [0.1, 0.15) is 17.0 Å². The van der Waals surface area contributed by atoms with Gasteiger partial charge in [0.25, 0.3) is 10.7 Å². The fraction of sp³-hybridized carbons (Fsp3) is 0.211. The van der Waals surface area contributed by atoms with E-state index in [1.807, 2.05) is 38.1 Å². The molecule has 0 radical (unpaired) electrons. The van der Waals surface area contributed by atoms with E-state index in [1.54, 1.807) is 18.2 Å². The van der Waals surface area contributed by atoms with Crippen LogP contribution in [0.4, 0.5) is 5.69 Å². The lowest BCUT2D eigenvalue weighted by atomic mass is 10.2. The van der Waals surface area contributed by atoms with Gasteiger partial charge in [0, 0.05) is 10.7 Å². The van der Waals surface area contributed by atoms with Crippen molar-refractivity contribution in [1.29, 1.82) is 0 Å². The number of benzene rings is 2. The molecule has 0 spiro atoms. The van der Waals surface area contributed by atoms with Gasteiger partial charge < -0.3 is 14.5 Å². The summed E-state index contributed by atoms with van der Waals surface area (Å²) in [5.74, 6) is 0.758. The third-order valence-electron chi connectivity index (χ3n) is 3.93. The Morgan fingerprint density at radius 2 is 2.04 bits per heavy atom. The van der Waals surface area contributed by atoms with Crippen LogP contribution in [0, 0.1) is 18.7 Å². The van der Waals surface area contributed by atoms with Crippen molar-refractivity contribution >= 4 is 35.4 Å². The molecule has 3 aromatic rings. The first-order valence-corrected chi connectivity index (χ1v) is 9.03. The monoisotopic (exact) mass is 403 g/mol. The molecule has 0 bridgehead atoms. The molecule has 6 nitrogen and oxygen atoms in total. The molecular formula is C19H18ClN3O3S. The van der Waals surface area contributed by atoms with Crippen molar-refractivity contribution in [2.75, 3.05) is 5.32 Å². The molecule has 0 atom stereocenters. The van der Waals surface area contributed by atoms with Crippen LogP contribution in [0.2, 0.25) is 5.02 Å². The summed E-state index contributed by atoms with van der Waals surface area (Å²) in [7, 11) is 0. The van der Waals surface area contributed by atoms with Crippen molar-refractivity contribution in [3.05, 3.63) is 69.3 Å². The fourth-order valence-corrected chi connectivity index (χ4v) is 2.81. The van der Waals surface area contributed by atoms with Gasteiger partial charge in [-0.25, -0.2) is 4.68 Å². The quantitative estimate of drug-likeness (QED) is 0.604. The van der Waals surface area contributed by atoms with Crippen molar-refractivity contribution in [3.63, 3.8) is 0 Å². The zero-order valence-corrected chi connectivity index (χ0v) is 16.4. The largest absolute Gasteiger partial charge is 0.484 e. The summed E-state index contributed by atoms with van der Waals surface area (Å²) in [5.41, 5.74) is 2.45. The number of nitrogens with zero attached hydrogens (tertiary/aromatic N) is 2. The standard InChI is InChI=1S/C19H18ClN3O3S/c1-12-6-3-4-9-16(12)25-11-18-22-23(19(27)26-18)10-17(24)21-15-8-5-7-14(20)13(15)2/h3-9H,10-11H2,1-2H3,(H,21,24). The number of nitrogens with one attached hydrogen (secondary N) is 1. The van der Waals surface area contributed by atoms with Crippen molar-refractivity contribution in [1.82, 2.24) is 9.78 Å². The van der Waals surface area contributed by atoms with E-state index in [2.05, 4.69) is 10.4 Å². The van der Waals surface area contributed by atoms with Crippen LogP contribution in [-0.2, 0) is 17.9 Å². The molecule has 1 heterocycles. The molecule has 0 fully saturated rings. The lowest BCUT2D eigenvalue weighted by Crippen LogP contribution is -2.20. The number of halogens is 1. The number of aromatic nitrogens is 2. The van der Waals surface area contributed by atoms with Gasteiger partial charge in [0.1, 0.15) is 12.3 Å². The van der Waals surface area contributed by atoms with Gasteiger partial charge in [-0.05, 0) is 55.4 Å². The summed E-state index contributed by atoms with van der Waals surface area (Å²) >= 11 is 11.2. The molecule has 8 heteroatoms. The van der Waals surface area contributed by atoms with E-state index in [0.717, 1.165) is 16.9 Å². The third kappa shape index (κ3) is 4.75. The molecule has 27 heavy (non-hydrogen) atoms. The maximum atomic E-state index is 12.3. The molecule has 140 valence electrons. The first-order chi connectivity index (χ1) is 12.9. The molecule has 0 saturated heterocycles. The number of para-hydroxylation sites is 1. The lowest BCUT2D eigenvalue weighted by molar-refractivity contribution is -0.117. The zero-order valence-electron chi connectivity index (χ0n) is 14.9. The Morgan fingerprint density at radius 3 is 2.81 bits per heavy atom. The van der Waals surface area contributed by atoms with Gasteiger partial charge in [-0.2, -0.15) is 0 Å². The number of hydrogen-bond acceptors (Lipinski definition) is 5. The van der Waals surface area contributed by atoms with Crippen molar-refractivity contribution in [2.45, 2.75) is 27.0 Å². The van der Waals surface area contributed by atoms with E-state index in [1.165, 1.54) is 4.68 Å². The molecule has 0 unspecified atom stereocenters. The summed E-state index contributed by atoms with van der Waals surface area (Å²) in [4.78, 5) is 12.4. The topological polar surface area (TPSA) is 69.3 Å².